The van der Waals surface area contributed by atoms with Gasteiger partial charge in [0.2, 0.25) is 15.9 Å². The minimum Gasteiger partial charge on any atom is -0.431 e. The van der Waals surface area contributed by atoms with Gasteiger partial charge in [0.15, 0.2) is 5.58 Å². The fourth-order valence-electron chi connectivity index (χ4n) is 1.87. The molecule has 2 aromatic rings. The van der Waals surface area contributed by atoms with E-state index in [1.807, 2.05) is 0 Å². The molecule has 0 spiro atoms. The van der Waals surface area contributed by atoms with Crippen LogP contribution >= 0.6 is 11.8 Å². The first kappa shape index (κ1) is 17.8. The Kier molecular flexibility index (Phi) is 5.02. The Hall–Kier alpha value is -1.58. The summed E-state index contributed by atoms with van der Waals surface area (Å²) in [5, 5.41) is -0.00913. The maximum Gasteiger partial charge on any atom is 0.257 e. The fourth-order valence-corrected chi connectivity index (χ4v) is 3.70. The summed E-state index contributed by atoms with van der Waals surface area (Å²) >= 11 is 1.20. The van der Waals surface area contributed by atoms with Gasteiger partial charge in [0.1, 0.15) is 5.52 Å². The van der Waals surface area contributed by atoms with Crippen molar-refractivity contribution in [3.05, 3.63) is 18.2 Å². The molecule has 1 amide bonds. The SMILES string of the molecule is C[C@@H](Sc1nc2cc(S(=O)(=O)N(C)C)ccc2o1)C(=O)N(C)C. The van der Waals surface area contributed by atoms with E-state index in [0.717, 1.165) is 4.31 Å². The van der Waals surface area contributed by atoms with Crippen LogP contribution in [0, 0.1) is 0 Å². The van der Waals surface area contributed by atoms with Gasteiger partial charge in [-0.05, 0) is 25.1 Å². The number of thioether (sulfide) groups is 1. The summed E-state index contributed by atoms with van der Waals surface area (Å²) in [5.41, 5.74) is 0.926. The molecule has 23 heavy (non-hydrogen) atoms. The number of amides is 1. The second kappa shape index (κ2) is 6.50. The predicted octanol–water partition coefficient (Wildman–Crippen LogP) is 1.65. The van der Waals surface area contributed by atoms with Crippen LogP contribution in [0.1, 0.15) is 6.92 Å². The van der Waals surface area contributed by atoms with Crippen LogP contribution in [0.15, 0.2) is 32.7 Å². The average molecular weight is 357 g/mol. The first-order chi connectivity index (χ1) is 10.6. The number of carbonyl (C=O) groups excluding carboxylic acids is 1. The summed E-state index contributed by atoms with van der Waals surface area (Å²) in [5.74, 6) is -0.0480. The molecular weight excluding hydrogens is 338 g/mol. The standard InChI is InChI=1S/C14H19N3O4S2/c1-9(13(18)16(2)3)22-14-15-11-8-10(6-7-12(11)21-14)23(19,20)17(4)5/h6-9H,1-5H3/t9-/m1/s1. The highest BCUT2D eigenvalue weighted by atomic mass is 32.2. The maximum atomic E-state index is 12.1. The van der Waals surface area contributed by atoms with Gasteiger partial charge in [0.05, 0.1) is 10.1 Å². The van der Waals surface area contributed by atoms with E-state index < -0.39 is 10.0 Å². The number of sulfonamides is 1. The molecule has 0 aliphatic rings. The Labute approximate surface area is 139 Å². The van der Waals surface area contributed by atoms with E-state index in [4.69, 9.17) is 4.42 Å². The lowest BCUT2D eigenvalue weighted by atomic mass is 10.3. The van der Waals surface area contributed by atoms with E-state index in [1.165, 1.54) is 42.9 Å². The van der Waals surface area contributed by atoms with Crippen molar-refractivity contribution in [1.82, 2.24) is 14.2 Å². The molecular formula is C14H19N3O4S2. The Bertz CT molecular complexity index is 828. The van der Waals surface area contributed by atoms with Crippen LogP contribution in [0.25, 0.3) is 11.1 Å². The van der Waals surface area contributed by atoms with Gasteiger partial charge < -0.3 is 9.32 Å². The van der Waals surface area contributed by atoms with Crippen LogP contribution < -0.4 is 0 Å². The third-order valence-electron chi connectivity index (χ3n) is 3.18. The normalized spacial score (nSPS) is 13.5. The molecule has 7 nitrogen and oxygen atoms in total. The summed E-state index contributed by atoms with van der Waals surface area (Å²) in [6.45, 7) is 1.77. The lowest BCUT2D eigenvalue weighted by Gasteiger charge is -2.14. The molecule has 0 saturated carbocycles. The zero-order valence-electron chi connectivity index (χ0n) is 13.6. The number of nitrogens with zero attached hydrogens (tertiary/aromatic N) is 3. The molecule has 1 aromatic heterocycles. The van der Waals surface area contributed by atoms with Gasteiger partial charge in [0.25, 0.3) is 5.22 Å². The number of hydrogen-bond acceptors (Lipinski definition) is 6. The highest BCUT2D eigenvalue weighted by molar-refractivity contribution is 8.00. The van der Waals surface area contributed by atoms with Crippen molar-refractivity contribution < 1.29 is 17.6 Å². The molecule has 0 aliphatic heterocycles. The van der Waals surface area contributed by atoms with Gasteiger partial charge in [-0.1, -0.05) is 11.8 Å². The summed E-state index contributed by atoms with van der Waals surface area (Å²) in [4.78, 5) is 17.8. The largest absolute Gasteiger partial charge is 0.431 e. The molecule has 0 saturated heterocycles. The van der Waals surface area contributed by atoms with E-state index in [1.54, 1.807) is 27.1 Å². The van der Waals surface area contributed by atoms with Crippen molar-refractivity contribution in [3.8, 4) is 0 Å². The van der Waals surface area contributed by atoms with Gasteiger partial charge in [-0.15, -0.1) is 0 Å². The molecule has 126 valence electrons. The monoisotopic (exact) mass is 357 g/mol. The molecule has 9 heteroatoms. The number of hydrogen-bond donors (Lipinski definition) is 0. The third kappa shape index (κ3) is 3.67. The minimum atomic E-state index is -3.52. The number of fused-ring (bicyclic) bond motifs is 1. The average Bonchev–Trinajstić information content (AvgIpc) is 2.86. The summed E-state index contributed by atoms with van der Waals surface area (Å²) in [7, 11) is 2.79. The van der Waals surface area contributed by atoms with Crippen molar-refractivity contribution in [2.24, 2.45) is 0 Å². The van der Waals surface area contributed by atoms with E-state index in [-0.39, 0.29) is 16.1 Å². The molecule has 0 unspecified atom stereocenters. The number of oxazole rings is 1. The highest BCUT2D eigenvalue weighted by Gasteiger charge is 2.21. The first-order valence-corrected chi connectivity index (χ1v) is 9.16. The number of benzene rings is 1. The van der Waals surface area contributed by atoms with Crippen LogP contribution in [-0.2, 0) is 14.8 Å². The lowest BCUT2D eigenvalue weighted by Crippen LogP contribution is -2.29. The van der Waals surface area contributed by atoms with E-state index in [0.29, 0.717) is 16.3 Å². The third-order valence-corrected chi connectivity index (χ3v) is 5.93. The zero-order chi connectivity index (χ0) is 17.4. The number of carbonyl (C=O) groups is 1. The van der Waals surface area contributed by atoms with Crippen LogP contribution in [0.5, 0.6) is 0 Å². The van der Waals surface area contributed by atoms with Crippen molar-refractivity contribution in [3.63, 3.8) is 0 Å². The zero-order valence-corrected chi connectivity index (χ0v) is 15.2. The van der Waals surface area contributed by atoms with Crippen LogP contribution in [0.4, 0.5) is 0 Å². The van der Waals surface area contributed by atoms with Gasteiger partial charge in [-0.2, -0.15) is 0 Å². The van der Waals surface area contributed by atoms with Crippen LogP contribution in [-0.4, -0.2) is 62.0 Å². The van der Waals surface area contributed by atoms with Crippen LogP contribution in [0.2, 0.25) is 0 Å². The number of aromatic nitrogens is 1. The molecule has 1 aromatic carbocycles. The van der Waals surface area contributed by atoms with Crippen molar-refractivity contribution >= 4 is 38.8 Å². The summed E-state index contributed by atoms with van der Waals surface area (Å²) in [6.07, 6.45) is 0. The Balaban J connectivity index is 2.32. The Morgan fingerprint density at radius 1 is 1.26 bits per heavy atom. The second-order valence-electron chi connectivity index (χ2n) is 5.39. The lowest BCUT2D eigenvalue weighted by molar-refractivity contribution is -0.127. The molecule has 2 rings (SSSR count). The second-order valence-corrected chi connectivity index (χ2v) is 8.83. The Morgan fingerprint density at radius 3 is 2.48 bits per heavy atom. The summed E-state index contributed by atoms with van der Waals surface area (Å²) in [6, 6.07) is 4.52. The molecule has 0 bridgehead atoms. The first-order valence-electron chi connectivity index (χ1n) is 6.84. The van der Waals surface area contributed by atoms with Gasteiger partial charge in [-0.25, -0.2) is 17.7 Å². The van der Waals surface area contributed by atoms with Crippen molar-refractivity contribution in [2.45, 2.75) is 22.3 Å². The molecule has 0 radical (unpaired) electrons. The molecule has 0 N–H and O–H groups in total. The predicted molar refractivity (Wildman–Crippen MR) is 88.9 cm³/mol. The molecule has 1 atom stereocenters. The van der Waals surface area contributed by atoms with Gasteiger partial charge >= 0.3 is 0 Å². The topological polar surface area (TPSA) is 83.7 Å². The van der Waals surface area contributed by atoms with Crippen LogP contribution in [0.3, 0.4) is 0 Å². The minimum absolute atomic E-state index is 0.0480. The highest BCUT2D eigenvalue weighted by Crippen LogP contribution is 2.29. The van der Waals surface area contributed by atoms with Gasteiger partial charge in [0, 0.05) is 28.2 Å². The Morgan fingerprint density at radius 2 is 1.91 bits per heavy atom. The molecule has 0 aliphatic carbocycles. The molecule has 1 heterocycles. The number of rotatable bonds is 5. The quantitative estimate of drug-likeness (QED) is 0.757. The fraction of sp³-hybridized carbons (Fsp3) is 0.429. The van der Waals surface area contributed by atoms with E-state index >= 15 is 0 Å². The van der Waals surface area contributed by atoms with Crippen molar-refractivity contribution in [2.75, 3.05) is 28.2 Å². The maximum absolute atomic E-state index is 12.1. The molecule has 0 fully saturated rings. The van der Waals surface area contributed by atoms with Gasteiger partial charge in [-0.3, -0.25) is 4.79 Å². The summed E-state index contributed by atoms with van der Waals surface area (Å²) < 4.78 is 31.0. The van der Waals surface area contributed by atoms with E-state index in [2.05, 4.69) is 4.98 Å². The van der Waals surface area contributed by atoms with E-state index in [9.17, 15) is 13.2 Å². The van der Waals surface area contributed by atoms with Crippen molar-refractivity contribution in [1.29, 1.82) is 0 Å². The smallest absolute Gasteiger partial charge is 0.257 e.